The van der Waals surface area contributed by atoms with Gasteiger partial charge in [0.15, 0.2) is 5.82 Å². The number of thioether (sulfide) groups is 1. The molecule has 7 heteroatoms. The molecule has 3 rings (SSSR count). The third kappa shape index (κ3) is 2.73. The second-order valence-corrected chi connectivity index (χ2v) is 5.07. The summed E-state index contributed by atoms with van der Waals surface area (Å²) in [6, 6.07) is 7.95. The van der Waals surface area contributed by atoms with Crippen LogP contribution in [0.15, 0.2) is 34.5 Å². The average Bonchev–Trinajstić information content (AvgIpc) is 2.89. The molecule has 5 nitrogen and oxygen atoms in total. The minimum atomic E-state index is 0. The van der Waals surface area contributed by atoms with Crippen molar-refractivity contribution in [2.24, 2.45) is 5.10 Å². The van der Waals surface area contributed by atoms with Crippen LogP contribution in [0.25, 0.3) is 0 Å². The molecule has 0 aliphatic carbocycles. The van der Waals surface area contributed by atoms with Gasteiger partial charge in [-0.15, -0.1) is 10.2 Å². The maximum absolute atomic E-state index is 5.17. The second kappa shape index (κ2) is 6.41. The third-order valence-corrected chi connectivity index (χ3v) is 3.91. The molecule has 0 atom stereocenters. The number of fused-ring (bicyclic) bond motifs is 1. The Balaban J connectivity index is 0.00000147. The molecule has 0 saturated carbocycles. The van der Waals surface area contributed by atoms with Crippen LogP contribution >= 0.6 is 11.8 Å². The average molecular weight is 354 g/mol. The van der Waals surface area contributed by atoms with Gasteiger partial charge in [0.2, 0.25) is 5.16 Å². The SMILES string of the molecule is CCc1nnc2n1N=C(c1ccc(OC)cc1)CS2.[Br-]. The van der Waals surface area contributed by atoms with E-state index in [0.29, 0.717) is 0 Å². The third-order valence-electron chi connectivity index (χ3n) is 2.97. The Morgan fingerprint density at radius 1 is 1.25 bits per heavy atom. The van der Waals surface area contributed by atoms with E-state index in [1.807, 2.05) is 28.9 Å². The highest BCUT2D eigenvalue weighted by Gasteiger charge is 2.18. The molecular formula is C13H14BrN4OS-. The largest absolute Gasteiger partial charge is 1.00 e. The second-order valence-electron chi connectivity index (χ2n) is 4.13. The van der Waals surface area contributed by atoms with E-state index < -0.39 is 0 Å². The first-order valence-electron chi connectivity index (χ1n) is 6.11. The predicted molar refractivity (Wildman–Crippen MR) is 75.1 cm³/mol. The van der Waals surface area contributed by atoms with Crippen molar-refractivity contribution >= 4 is 17.5 Å². The predicted octanol–water partition coefficient (Wildman–Crippen LogP) is -0.789. The van der Waals surface area contributed by atoms with Crippen LogP contribution in [0, 0.1) is 0 Å². The summed E-state index contributed by atoms with van der Waals surface area (Å²) in [4.78, 5) is 0. The molecular weight excluding hydrogens is 340 g/mol. The Labute approximate surface area is 132 Å². The number of methoxy groups -OCH3 is 1. The summed E-state index contributed by atoms with van der Waals surface area (Å²) in [6.45, 7) is 2.05. The monoisotopic (exact) mass is 353 g/mol. The number of hydrogen-bond acceptors (Lipinski definition) is 5. The van der Waals surface area contributed by atoms with Gasteiger partial charge >= 0.3 is 0 Å². The van der Waals surface area contributed by atoms with Crippen molar-refractivity contribution in [2.45, 2.75) is 18.5 Å². The summed E-state index contributed by atoms with van der Waals surface area (Å²) < 4.78 is 7.01. The number of ether oxygens (including phenoxy) is 1. The molecule has 1 aliphatic heterocycles. The molecule has 0 fully saturated rings. The van der Waals surface area contributed by atoms with Crippen LogP contribution in [0.4, 0.5) is 0 Å². The zero-order valence-corrected chi connectivity index (χ0v) is 13.6. The Kier molecular flexibility index (Phi) is 4.82. The first-order valence-corrected chi connectivity index (χ1v) is 7.09. The molecule has 1 aromatic heterocycles. The number of rotatable bonds is 3. The van der Waals surface area contributed by atoms with E-state index in [-0.39, 0.29) is 17.0 Å². The molecule has 0 N–H and O–H groups in total. The van der Waals surface area contributed by atoms with Gasteiger partial charge in [0.1, 0.15) is 5.75 Å². The van der Waals surface area contributed by atoms with Gasteiger partial charge in [-0.25, -0.2) is 0 Å². The number of halogens is 1. The van der Waals surface area contributed by atoms with E-state index in [4.69, 9.17) is 4.74 Å². The summed E-state index contributed by atoms with van der Waals surface area (Å²) in [5.41, 5.74) is 2.14. The van der Waals surface area contributed by atoms with Crippen molar-refractivity contribution in [3.8, 4) is 5.75 Å². The van der Waals surface area contributed by atoms with E-state index in [1.54, 1.807) is 18.9 Å². The molecule has 106 valence electrons. The molecule has 1 aromatic carbocycles. The van der Waals surface area contributed by atoms with Crippen molar-refractivity contribution in [1.82, 2.24) is 14.9 Å². The van der Waals surface area contributed by atoms with Gasteiger partial charge in [-0.05, 0) is 29.8 Å². The van der Waals surface area contributed by atoms with Gasteiger partial charge in [-0.3, -0.25) is 0 Å². The lowest BCUT2D eigenvalue weighted by Crippen LogP contribution is -3.00. The van der Waals surface area contributed by atoms with Crippen LogP contribution in [-0.4, -0.2) is 33.4 Å². The molecule has 0 amide bonds. The fourth-order valence-corrected chi connectivity index (χ4v) is 2.77. The van der Waals surface area contributed by atoms with E-state index in [9.17, 15) is 0 Å². The lowest BCUT2D eigenvalue weighted by molar-refractivity contribution is -0.00000431. The van der Waals surface area contributed by atoms with Crippen molar-refractivity contribution in [3.05, 3.63) is 35.7 Å². The fourth-order valence-electron chi connectivity index (χ4n) is 1.91. The van der Waals surface area contributed by atoms with Crippen LogP contribution in [0.3, 0.4) is 0 Å². The summed E-state index contributed by atoms with van der Waals surface area (Å²) in [7, 11) is 1.67. The molecule has 0 saturated heterocycles. The maximum atomic E-state index is 5.17. The molecule has 0 radical (unpaired) electrons. The van der Waals surface area contributed by atoms with Gasteiger partial charge in [-0.1, -0.05) is 18.7 Å². The molecule has 20 heavy (non-hydrogen) atoms. The minimum absolute atomic E-state index is 0. The molecule has 1 aliphatic rings. The van der Waals surface area contributed by atoms with Crippen molar-refractivity contribution in [2.75, 3.05) is 12.9 Å². The highest BCUT2D eigenvalue weighted by Crippen LogP contribution is 2.24. The lowest BCUT2D eigenvalue weighted by atomic mass is 10.1. The van der Waals surface area contributed by atoms with Crippen LogP contribution in [0.2, 0.25) is 0 Å². The molecule has 2 heterocycles. The van der Waals surface area contributed by atoms with Gasteiger partial charge < -0.3 is 21.7 Å². The first kappa shape index (κ1) is 15.1. The number of hydrogen-bond donors (Lipinski definition) is 0. The molecule has 2 aromatic rings. The first-order chi connectivity index (χ1) is 9.31. The van der Waals surface area contributed by atoms with Crippen LogP contribution in [-0.2, 0) is 6.42 Å². The Hall–Kier alpha value is -1.34. The standard InChI is InChI=1S/C13H14N4OS.BrH/c1-3-12-14-15-13-17(12)16-11(8-19-13)9-4-6-10(18-2)7-5-9;/h4-7H,3,8H2,1-2H3;1H/p-1. The summed E-state index contributed by atoms with van der Waals surface area (Å²) in [6.07, 6.45) is 0.826. The van der Waals surface area contributed by atoms with E-state index in [1.165, 1.54) is 0 Å². The zero-order valence-electron chi connectivity index (χ0n) is 11.2. The number of nitrogens with zero attached hydrogens (tertiary/aromatic N) is 4. The van der Waals surface area contributed by atoms with Crippen molar-refractivity contribution in [3.63, 3.8) is 0 Å². The number of aryl methyl sites for hydroxylation is 1. The number of aromatic nitrogens is 3. The van der Waals surface area contributed by atoms with E-state index >= 15 is 0 Å². The van der Waals surface area contributed by atoms with Crippen LogP contribution < -0.4 is 21.7 Å². The maximum Gasteiger partial charge on any atom is 0.212 e. The Morgan fingerprint density at radius 3 is 2.65 bits per heavy atom. The summed E-state index contributed by atoms with van der Waals surface area (Å²) >= 11 is 1.67. The van der Waals surface area contributed by atoms with Crippen molar-refractivity contribution in [1.29, 1.82) is 0 Å². The van der Waals surface area contributed by atoms with Crippen LogP contribution in [0.1, 0.15) is 18.3 Å². The van der Waals surface area contributed by atoms with Crippen molar-refractivity contribution < 1.29 is 21.7 Å². The number of benzene rings is 1. The van der Waals surface area contributed by atoms with E-state index in [0.717, 1.165) is 40.2 Å². The Morgan fingerprint density at radius 2 is 2.00 bits per heavy atom. The minimum Gasteiger partial charge on any atom is -1.00 e. The summed E-state index contributed by atoms with van der Waals surface area (Å²) in [5.74, 6) is 2.56. The van der Waals surface area contributed by atoms with Gasteiger partial charge in [0.25, 0.3) is 0 Å². The normalized spacial score (nSPS) is 13.2. The highest BCUT2D eigenvalue weighted by molar-refractivity contribution is 7.99. The molecule has 0 bridgehead atoms. The smallest absolute Gasteiger partial charge is 0.212 e. The van der Waals surface area contributed by atoms with Crippen LogP contribution in [0.5, 0.6) is 5.75 Å². The van der Waals surface area contributed by atoms with E-state index in [2.05, 4.69) is 22.2 Å². The Bertz CT molecular complexity index is 624. The van der Waals surface area contributed by atoms with Gasteiger partial charge in [0, 0.05) is 12.2 Å². The van der Waals surface area contributed by atoms with Gasteiger partial charge in [0.05, 0.1) is 12.8 Å². The van der Waals surface area contributed by atoms with Gasteiger partial charge in [-0.2, -0.15) is 9.78 Å². The highest BCUT2D eigenvalue weighted by atomic mass is 79.9. The lowest BCUT2D eigenvalue weighted by Gasteiger charge is -2.13. The fraction of sp³-hybridized carbons (Fsp3) is 0.308. The topological polar surface area (TPSA) is 52.3 Å². The molecule has 0 spiro atoms. The quantitative estimate of drug-likeness (QED) is 0.725. The summed E-state index contributed by atoms with van der Waals surface area (Å²) in [5, 5.41) is 13.8. The molecule has 0 unspecified atom stereocenters. The zero-order chi connectivity index (χ0) is 13.2.